The van der Waals surface area contributed by atoms with Crippen molar-refractivity contribution in [2.45, 2.75) is 46.2 Å². The van der Waals surface area contributed by atoms with E-state index in [9.17, 15) is 19.7 Å². The van der Waals surface area contributed by atoms with Crippen molar-refractivity contribution in [2.75, 3.05) is 6.54 Å². The first-order valence-electron chi connectivity index (χ1n) is 10.4. The topological polar surface area (TPSA) is 92.6 Å². The quantitative estimate of drug-likeness (QED) is 0.382. The first-order chi connectivity index (χ1) is 15.1. The number of carbonyl (C=O) groups is 2. The molecule has 0 saturated heterocycles. The Morgan fingerprint density at radius 2 is 1.81 bits per heavy atom. The standard InChI is InChI=1S/C23H27Cl2N3O4/c1-4-20(23(30)26-13-15(2)3)27(14-17-9-10-18(24)12-19(17)25)22(29)11-16-7-5-6-8-21(16)28(31)32/h5-10,12,15,20H,4,11,13-14H2,1-3H3,(H,26,30)/t20-/m0/s1. The van der Waals surface area contributed by atoms with Gasteiger partial charge in [-0.2, -0.15) is 0 Å². The summed E-state index contributed by atoms with van der Waals surface area (Å²) in [7, 11) is 0. The first kappa shape index (κ1) is 25.6. The van der Waals surface area contributed by atoms with Crippen LogP contribution >= 0.6 is 23.2 Å². The molecule has 0 bridgehead atoms. The van der Waals surface area contributed by atoms with Gasteiger partial charge in [-0.3, -0.25) is 19.7 Å². The lowest BCUT2D eigenvalue weighted by molar-refractivity contribution is -0.385. The van der Waals surface area contributed by atoms with Gasteiger partial charge < -0.3 is 10.2 Å². The number of nitrogens with zero attached hydrogens (tertiary/aromatic N) is 2. The van der Waals surface area contributed by atoms with Gasteiger partial charge in [0.2, 0.25) is 11.8 Å². The number of hydrogen-bond acceptors (Lipinski definition) is 4. The van der Waals surface area contributed by atoms with E-state index >= 15 is 0 Å². The molecule has 32 heavy (non-hydrogen) atoms. The van der Waals surface area contributed by atoms with Crippen molar-refractivity contribution in [2.24, 2.45) is 5.92 Å². The number of nitrogens with one attached hydrogen (secondary N) is 1. The number of amides is 2. The molecule has 0 aliphatic rings. The Labute approximate surface area is 197 Å². The number of hydrogen-bond donors (Lipinski definition) is 1. The number of carbonyl (C=O) groups excluding carboxylic acids is 2. The van der Waals surface area contributed by atoms with Crippen LogP contribution in [0.4, 0.5) is 5.69 Å². The van der Waals surface area contributed by atoms with E-state index in [1.807, 2.05) is 20.8 Å². The lowest BCUT2D eigenvalue weighted by Gasteiger charge is -2.31. The number of nitro benzene ring substituents is 1. The van der Waals surface area contributed by atoms with Gasteiger partial charge in [0.05, 0.1) is 11.3 Å². The summed E-state index contributed by atoms with van der Waals surface area (Å²) in [5.74, 6) is -0.433. The minimum atomic E-state index is -0.754. The maximum atomic E-state index is 13.4. The number of benzene rings is 2. The van der Waals surface area contributed by atoms with Gasteiger partial charge in [0.15, 0.2) is 0 Å². The van der Waals surface area contributed by atoms with Gasteiger partial charge in [-0.25, -0.2) is 0 Å². The van der Waals surface area contributed by atoms with Crippen molar-refractivity contribution in [3.63, 3.8) is 0 Å². The molecule has 2 amide bonds. The molecule has 7 nitrogen and oxygen atoms in total. The first-order valence-corrected chi connectivity index (χ1v) is 11.1. The minimum Gasteiger partial charge on any atom is -0.354 e. The predicted molar refractivity (Wildman–Crippen MR) is 126 cm³/mol. The molecule has 0 aliphatic heterocycles. The Bertz CT molecular complexity index is 981. The van der Waals surface area contributed by atoms with Crippen LogP contribution in [0, 0.1) is 16.0 Å². The van der Waals surface area contributed by atoms with E-state index < -0.39 is 16.9 Å². The van der Waals surface area contributed by atoms with E-state index in [1.54, 1.807) is 36.4 Å². The number of para-hydroxylation sites is 1. The second-order valence-electron chi connectivity index (χ2n) is 7.88. The Morgan fingerprint density at radius 1 is 1.12 bits per heavy atom. The molecule has 9 heteroatoms. The second kappa shape index (κ2) is 11.8. The molecule has 0 radical (unpaired) electrons. The zero-order chi connectivity index (χ0) is 23.8. The molecule has 0 heterocycles. The van der Waals surface area contributed by atoms with Crippen molar-refractivity contribution in [3.05, 3.63) is 73.8 Å². The highest BCUT2D eigenvalue weighted by Gasteiger charge is 2.30. The largest absolute Gasteiger partial charge is 0.354 e. The third kappa shape index (κ3) is 6.93. The highest BCUT2D eigenvalue weighted by atomic mass is 35.5. The third-order valence-corrected chi connectivity index (χ3v) is 5.54. The Hall–Kier alpha value is -2.64. The summed E-state index contributed by atoms with van der Waals surface area (Å²) in [6.07, 6.45) is 0.161. The maximum Gasteiger partial charge on any atom is 0.273 e. The molecule has 0 fully saturated rings. The van der Waals surface area contributed by atoms with Crippen molar-refractivity contribution < 1.29 is 14.5 Å². The van der Waals surface area contributed by atoms with E-state index in [0.29, 0.717) is 28.6 Å². The predicted octanol–water partition coefficient (Wildman–Crippen LogP) is 5.02. The molecule has 0 unspecified atom stereocenters. The lowest BCUT2D eigenvalue weighted by Crippen LogP contribution is -2.50. The van der Waals surface area contributed by atoms with Gasteiger partial charge in [0, 0.05) is 34.8 Å². The average molecular weight is 480 g/mol. The summed E-state index contributed by atoms with van der Waals surface area (Å²) in [5, 5.41) is 15.1. The summed E-state index contributed by atoms with van der Waals surface area (Å²) in [4.78, 5) is 38.6. The Kier molecular flexibility index (Phi) is 9.47. The van der Waals surface area contributed by atoms with E-state index in [-0.39, 0.29) is 36.0 Å². The molecule has 172 valence electrons. The highest BCUT2D eigenvalue weighted by Crippen LogP contribution is 2.25. The van der Waals surface area contributed by atoms with Crippen LogP contribution in [0.5, 0.6) is 0 Å². The average Bonchev–Trinajstić information content (AvgIpc) is 2.73. The molecule has 2 rings (SSSR count). The number of rotatable bonds is 10. The van der Waals surface area contributed by atoms with Crippen LogP contribution in [0.25, 0.3) is 0 Å². The molecular formula is C23H27Cl2N3O4. The van der Waals surface area contributed by atoms with Crippen molar-refractivity contribution in [1.82, 2.24) is 10.2 Å². The Balaban J connectivity index is 2.38. The van der Waals surface area contributed by atoms with Crippen molar-refractivity contribution in [1.29, 1.82) is 0 Å². The smallest absolute Gasteiger partial charge is 0.273 e. The van der Waals surface area contributed by atoms with E-state index in [0.717, 1.165) is 0 Å². The van der Waals surface area contributed by atoms with Crippen molar-refractivity contribution in [3.8, 4) is 0 Å². The fraction of sp³-hybridized carbons (Fsp3) is 0.391. The van der Waals surface area contributed by atoms with Crippen LogP contribution in [0.1, 0.15) is 38.3 Å². The molecule has 2 aromatic rings. The molecule has 0 aromatic heterocycles. The third-order valence-electron chi connectivity index (χ3n) is 4.96. The molecule has 2 aromatic carbocycles. The summed E-state index contributed by atoms with van der Waals surface area (Å²) >= 11 is 12.3. The van der Waals surface area contributed by atoms with Gasteiger partial charge in [-0.15, -0.1) is 0 Å². The minimum absolute atomic E-state index is 0.0725. The summed E-state index contributed by atoms with van der Waals surface area (Å²) < 4.78 is 0. The molecule has 1 atom stereocenters. The SMILES string of the molecule is CC[C@@H](C(=O)NCC(C)C)N(Cc1ccc(Cl)cc1Cl)C(=O)Cc1ccccc1[N+](=O)[O-]. The summed E-state index contributed by atoms with van der Waals surface area (Å²) in [5.41, 5.74) is 0.775. The van der Waals surface area contributed by atoms with E-state index in [1.165, 1.54) is 11.0 Å². The normalized spacial score (nSPS) is 11.8. The maximum absolute atomic E-state index is 13.4. The van der Waals surface area contributed by atoms with Gasteiger partial charge in [-0.1, -0.05) is 68.2 Å². The molecule has 0 saturated carbocycles. The van der Waals surface area contributed by atoms with E-state index in [2.05, 4.69) is 5.32 Å². The van der Waals surface area contributed by atoms with Gasteiger partial charge >= 0.3 is 0 Å². The van der Waals surface area contributed by atoms with Crippen LogP contribution in [0.2, 0.25) is 10.0 Å². The van der Waals surface area contributed by atoms with Crippen LogP contribution in [0.3, 0.4) is 0 Å². The zero-order valence-corrected chi connectivity index (χ0v) is 19.8. The van der Waals surface area contributed by atoms with Gasteiger partial charge in [0.1, 0.15) is 6.04 Å². The number of nitro groups is 1. The summed E-state index contributed by atoms with van der Waals surface area (Å²) in [6.45, 7) is 6.32. The fourth-order valence-electron chi connectivity index (χ4n) is 3.28. The number of halogens is 2. The fourth-order valence-corrected chi connectivity index (χ4v) is 3.75. The van der Waals surface area contributed by atoms with Gasteiger partial charge in [0.25, 0.3) is 5.69 Å². The van der Waals surface area contributed by atoms with E-state index in [4.69, 9.17) is 23.2 Å². The van der Waals surface area contributed by atoms with Gasteiger partial charge in [-0.05, 0) is 30.0 Å². The zero-order valence-electron chi connectivity index (χ0n) is 18.3. The summed E-state index contributed by atoms with van der Waals surface area (Å²) in [6, 6.07) is 10.3. The molecular weight excluding hydrogens is 453 g/mol. The van der Waals surface area contributed by atoms with Crippen LogP contribution in [0.15, 0.2) is 42.5 Å². The van der Waals surface area contributed by atoms with Crippen LogP contribution < -0.4 is 5.32 Å². The molecule has 0 aliphatic carbocycles. The molecule has 1 N–H and O–H groups in total. The van der Waals surface area contributed by atoms with Crippen molar-refractivity contribution >= 4 is 40.7 Å². The molecule has 0 spiro atoms. The van der Waals surface area contributed by atoms with Crippen LogP contribution in [-0.2, 0) is 22.6 Å². The lowest BCUT2D eigenvalue weighted by atomic mass is 10.1. The second-order valence-corrected chi connectivity index (χ2v) is 8.73. The Morgan fingerprint density at radius 3 is 2.41 bits per heavy atom. The highest BCUT2D eigenvalue weighted by molar-refractivity contribution is 6.35. The van der Waals surface area contributed by atoms with Crippen LogP contribution in [-0.4, -0.2) is 34.2 Å². The monoisotopic (exact) mass is 479 g/mol.